The van der Waals surface area contributed by atoms with Crippen LogP contribution in [0, 0.1) is 35.0 Å². The fraction of sp³-hybridized carbons (Fsp3) is 0.429. The van der Waals surface area contributed by atoms with Gasteiger partial charge in [0.25, 0.3) is 0 Å². The van der Waals surface area contributed by atoms with Crippen molar-refractivity contribution in [3.63, 3.8) is 0 Å². The van der Waals surface area contributed by atoms with Crippen LogP contribution in [0.1, 0.15) is 61.6 Å². The van der Waals surface area contributed by atoms with E-state index in [1.54, 1.807) is 12.1 Å². The maximum Gasteiger partial charge on any atom is 0.335 e. The molecule has 1 saturated heterocycles. The summed E-state index contributed by atoms with van der Waals surface area (Å²) in [6.07, 6.45) is 3.49. The molecule has 13 unspecified atom stereocenters. The first kappa shape index (κ1) is 44.9. The second-order valence-electron chi connectivity index (χ2n) is 18.8. The van der Waals surface area contributed by atoms with Crippen LogP contribution >= 0.6 is 0 Å². The lowest BCUT2D eigenvalue weighted by atomic mass is 9.44. The van der Waals surface area contributed by atoms with Gasteiger partial charge in [0.1, 0.15) is 46.6 Å². The van der Waals surface area contributed by atoms with Crippen molar-refractivity contribution in [1.29, 1.82) is 0 Å². The van der Waals surface area contributed by atoms with E-state index in [0.717, 1.165) is 60.8 Å². The van der Waals surface area contributed by atoms with Crippen LogP contribution < -0.4 is 26.9 Å². The Morgan fingerprint density at radius 1 is 1.02 bits per heavy atom. The highest BCUT2D eigenvalue weighted by Gasteiger charge is 2.61. The molecule has 12 N–H and O–H groups in total. The van der Waals surface area contributed by atoms with Gasteiger partial charge in [-0.15, -0.1) is 0 Å². The number of carboxylic acids is 1. The minimum atomic E-state index is -2.76. The molecule has 1 aromatic heterocycles. The Labute approximate surface area is 378 Å². The summed E-state index contributed by atoms with van der Waals surface area (Å²) in [6.45, 7) is 1.40. The quantitative estimate of drug-likeness (QED) is 0.0358. The number of allylic oxidation sites excluding steroid dienone is 3. The zero-order valence-corrected chi connectivity index (χ0v) is 36.3. The van der Waals surface area contributed by atoms with Crippen LogP contribution in [0.2, 0.25) is 0 Å². The smallest absolute Gasteiger partial charge is 0.335 e. The van der Waals surface area contributed by atoms with Crippen LogP contribution in [0.4, 0.5) is 0 Å². The number of guanidine groups is 1. The largest absolute Gasteiger partial charge is 0.508 e. The summed E-state index contributed by atoms with van der Waals surface area (Å²) in [5, 5.41) is 79.7. The van der Waals surface area contributed by atoms with E-state index in [0.29, 0.717) is 35.3 Å². The number of phenols is 3. The molecule has 5 aliphatic rings. The van der Waals surface area contributed by atoms with Gasteiger partial charge >= 0.3 is 5.97 Å². The highest BCUT2D eigenvalue weighted by atomic mass is 16.7. The summed E-state index contributed by atoms with van der Waals surface area (Å²) in [5.41, 5.74) is 9.78. The molecule has 4 aromatic rings. The monoisotopic (exact) mass is 906 g/mol. The number of aliphatic imine (C=N–C) groups is 1. The summed E-state index contributed by atoms with van der Waals surface area (Å²) >= 11 is 0. The number of phenolic OH excluding ortho intramolecular Hbond substituents is 3. The van der Waals surface area contributed by atoms with Crippen molar-refractivity contribution in [2.24, 2.45) is 51.5 Å². The summed E-state index contributed by atoms with van der Waals surface area (Å²) in [7, 11) is 1.91. The van der Waals surface area contributed by atoms with E-state index in [-0.39, 0.29) is 40.9 Å². The SMILES string of the molecule is CNC1CC(C2C=CCC(C)C2)C2CC3c4ccccc4C=C(c4cc(O)ccc4-c4cc(=O)c5c(O)c(O)c(OC6OC(C(=O)O)C(O)C(O)(CN=C(N)N)C6O)cc5o4)C3C1(C=O)C2. The van der Waals surface area contributed by atoms with E-state index in [4.69, 9.17) is 25.4 Å². The number of aldehydes is 1. The molecule has 17 heteroatoms. The van der Waals surface area contributed by atoms with E-state index in [1.807, 2.05) is 31.3 Å². The molecule has 9 rings (SSSR count). The van der Waals surface area contributed by atoms with Gasteiger partial charge in [-0.3, -0.25) is 9.79 Å². The summed E-state index contributed by atoms with van der Waals surface area (Å²) in [6, 6.07) is 14.7. The highest BCUT2D eigenvalue weighted by molar-refractivity contribution is 5.95. The van der Waals surface area contributed by atoms with Crippen molar-refractivity contribution in [2.45, 2.75) is 81.2 Å². The molecule has 2 bridgehead atoms. The Morgan fingerprint density at radius 2 is 1.79 bits per heavy atom. The van der Waals surface area contributed by atoms with Crippen LogP contribution in [0.25, 0.3) is 33.9 Å². The Hall–Kier alpha value is -6.24. The van der Waals surface area contributed by atoms with E-state index < -0.39 is 82.2 Å². The maximum absolute atomic E-state index is 14.0. The third-order valence-electron chi connectivity index (χ3n) is 15.0. The average molecular weight is 907 g/mol. The molecule has 2 heterocycles. The van der Waals surface area contributed by atoms with Crippen molar-refractivity contribution in [3.8, 4) is 34.3 Å². The first-order valence-corrected chi connectivity index (χ1v) is 22.2. The van der Waals surface area contributed by atoms with Gasteiger partial charge in [-0.2, -0.15) is 0 Å². The molecule has 13 atom stereocenters. The zero-order valence-electron chi connectivity index (χ0n) is 36.3. The number of aliphatic hydroxyl groups is 3. The Morgan fingerprint density at radius 3 is 2.50 bits per heavy atom. The van der Waals surface area contributed by atoms with E-state index in [2.05, 4.69) is 35.5 Å². The number of carbonyl (C=O) groups excluding carboxylic acids is 1. The molecule has 1 aliphatic heterocycles. The molecule has 0 radical (unpaired) electrons. The number of nitrogens with zero attached hydrogens (tertiary/aromatic N) is 1. The molecule has 66 heavy (non-hydrogen) atoms. The second kappa shape index (κ2) is 16.9. The predicted molar refractivity (Wildman–Crippen MR) is 241 cm³/mol. The van der Waals surface area contributed by atoms with Crippen LogP contribution in [-0.4, -0.2) is 104 Å². The number of carbonyl (C=O) groups is 2. The predicted octanol–water partition coefficient (Wildman–Crippen LogP) is 3.55. The number of fused-ring (bicyclic) bond motifs is 7. The average Bonchev–Trinajstić information content (AvgIpc) is 3.29. The van der Waals surface area contributed by atoms with E-state index >= 15 is 0 Å². The normalized spacial score (nSPS) is 33.5. The van der Waals surface area contributed by atoms with Crippen LogP contribution in [-0.2, 0) is 14.3 Å². The second-order valence-corrected chi connectivity index (χ2v) is 18.8. The summed E-state index contributed by atoms with van der Waals surface area (Å²) in [5.74, 6) is -3.93. The number of hydrogen-bond acceptors (Lipinski definition) is 14. The van der Waals surface area contributed by atoms with Crippen LogP contribution in [0.15, 0.2) is 81.0 Å². The standard InChI is InChI=1S/C49H54N4O13/c1-22-6-5-8-23(12-22)29-16-37(52-2)48(21-54)19-25(29)14-31-27-9-4-3-7-24(27)13-32(39(31)48)30-15-26(55)10-11-28(30)34-17-33(56)38-35(64-34)18-36(40(57)41(38)58)65-46-44(60)49(63,20-53-47(50)51)43(59)42(66-46)45(61)62/h3-5,7-11,13,15,17-18,21-23,25,29,31,37,39,42-44,46,52,55,57-60,63H,6,12,14,16,19-20H2,1-2H3,(H,61,62)(H4,50,51,53). The van der Waals surface area contributed by atoms with Gasteiger partial charge in [-0.25, -0.2) is 4.79 Å². The third-order valence-corrected chi connectivity index (χ3v) is 15.0. The molecule has 0 amide bonds. The number of benzene rings is 3. The van der Waals surface area contributed by atoms with Gasteiger partial charge in [-0.1, -0.05) is 49.4 Å². The minimum absolute atomic E-state index is 0.0228. The van der Waals surface area contributed by atoms with Crippen molar-refractivity contribution in [3.05, 3.63) is 93.7 Å². The number of aliphatic hydroxyl groups excluding tert-OH is 2. The highest BCUT2D eigenvalue weighted by Crippen LogP contribution is 2.65. The topological polar surface area (TPSA) is 301 Å². The van der Waals surface area contributed by atoms with Gasteiger partial charge in [-0.05, 0) is 109 Å². The lowest BCUT2D eigenvalue weighted by Crippen LogP contribution is -2.70. The van der Waals surface area contributed by atoms with Gasteiger partial charge in [0.15, 0.2) is 29.0 Å². The molecule has 3 fully saturated rings. The molecule has 3 aromatic carbocycles. The number of ether oxygens (including phenoxy) is 2. The first-order chi connectivity index (χ1) is 31.5. The maximum atomic E-state index is 14.0. The first-order valence-electron chi connectivity index (χ1n) is 22.2. The van der Waals surface area contributed by atoms with Crippen molar-refractivity contribution in [1.82, 2.24) is 5.32 Å². The zero-order chi connectivity index (χ0) is 47.0. The lowest BCUT2D eigenvalue weighted by Gasteiger charge is -2.60. The number of hydrogen-bond donors (Lipinski definition) is 10. The Bertz CT molecular complexity index is 2750. The van der Waals surface area contributed by atoms with E-state index in [9.17, 15) is 50.1 Å². The van der Waals surface area contributed by atoms with Crippen molar-refractivity contribution < 1.29 is 59.2 Å². The molecule has 4 aliphatic carbocycles. The van der Waals surface area contributed by atoms with E-state index in [1.165, 1.54) is 6.07 Å². The van der Waals surface area contributed by atoms with Crippen LogP contribution in [0.3, 0.4) is 0 Å². The number of nitrogens with one attached hydrogen (secondary N) is 1. The third kappa shape index (κ3) is 7.29. The number of carboxylic acid groups (broad SMARTS) is 1. The summed E-state index contributed by atoms with van der Waals surface area (Å²) in [4.78, 5) is 43.8. The minimum Gasteiger partial charge on any atom is -0.508 e. The lowest BCUT2D eigenvalue weighted by molar-refractivity contribution is -0.303. The van der Waals surface area contributed by atoms with Gasteiger partial charge in [0, 0.05) is 35.1 Å². The Balaban J connectivity index is 1.15. The molecule has 348 valence electrons. The number of aliphatic carboxylic acids is 1. The van der Waals surface area contributed by atoms with Crippen molar-refractivity contribution >= 4 is 40.8 Å². The van der Waals surface area contributed by atoms with Gasteiger partial charge < -0.3 is 71.2 Å². The van der Waals surface area contributed by atoms with Crippen molar-refractivity contribution in [2.75, 3.05) is 13.6 Å². The Kier molecular flexibility index (Phi) is 11.5. The molecule has 2 saturated carbocycles. The fourth-order valence-electron chi connectivity index (χ4n) is 12.0. The number of rotatable bonds is 10. The number of aromatic hydroxyl groups is 3. The summed E-state index contributed by atoms with van der Waals surface area (Å²) < 4.78 is 17.4. The van der Waals surface area contributed by atoms with Gasteiger partial charge in [0.2, 0.25) is 12.0 Å². The number of nitrogens with two attached hydrogens (primary N) is 2. The van der Waals surface area contributed by atoms with Crippen LogP contribution in [0.5, 0.6) is 23.0 Å². The molecule has 17 nitrogen and oxygen atoms in total. The molecular weight excluding hydrogens is 853 g/mol. The fourth-order valence-corrected chi connectivity index (χ4v) is 12.0. The molecule has 0 spiro atoms. The van der Waals surface area contributed by atoms with Gasteiger partial charge in [0.05, 0.1) is 6.54 Å². The molecular formula is C49H54N4O13.